The fraction of sp³-hybridized carbons (Fsp3) is 0.692. The van der Waals surface area contributed by atoms with E-state index in [4.69, 9.17) is 4.74 Å². The summed E-state index contributed by atoms with van der Waals surface area (Å²) in [6.07, 6.45) is 2.84. The molecule has 0 radical (unpaired) electrons. The Bertz CT molecular complexity index is 330. The predicted octanol–water partition coefficient (Wildman–Crippen LogP) is 3.27. The Morgan fingerprint density at radius 1 is 1.56 bits per heavy atom. The minimum Gasteiger partial charge on any atom is -0.378 e. The second kappa shape index (κ2) is 5.30. The van der Waals surface area contributed by atoms with Crippen molar-refractivity contribution in [1.82, 2.24) is 5.32 Å². The maximum Gasteiger partial charge on any atom is 0.0604 e. The van der Waals surface area contributed by atoms with Crippen LogP contribution in [0.4, 0.5) is 0 Å². The van der Waals surface area contributed by atoms with Crippen LogP contribution in [0.1, 0.15) is 43.2 Å². The molecule has 0 amide bonds. The molecule has 1 unspecified atom stereocenters. The molecular formula is C13H21NOS. The molecule has 1 aromatic rings. The molecule has 1 saturated carbocycles. The first-order valence-electron chi connectivity index (χ1n) is 6.12. The van der Waals surface area contributed by atoms with Crippen LogP contribution in [0.5, 0.6) is 0 Å². The Balaban J connectivity index is 1.77. The molecule has 90 valence electrons. The molecule has 0 aliphatic heterocycles. The fourth-order valence-corrected chi connectivity index (χ4v) is 3.28. The SMILES string of the molecule is CCOC1CC(NC(C)c2sccc2C)C1. The minimum atomic E-state index is 0.479. The van der Waals surface area contributed by atoms with Crippen molar-refractivity contribution >= 4 is 11.3 Å². The Kier molecular flexibility index (Phi) is 4.00. The van der Waals surface area contributed by atoms with E-state index in [0.717, 1.165) is 6.61 Å². The molecule has 2 nitrogen and oxygen atoms in total. The van der Waals surface area contributed by atoms with E-state index in [9.17, 15) is 0 Å². The van der Waals surface area contributed by atoms with E-state index in [2.05, 4.69) is 37.5 Å². The second-order valence-electron chi connectivity index (χ2n) is 4.60. The van der Waals surface area contributed by atoms with Crippen LogP contribution in [0.2, 0.25) is 0 Å². The molecule has 0 saturated heterocycles. The van der Waals surface area contributed by atoms with Crippen molar-refractivity contribution in [1.29, 1.82) is 0 Å². The number of nitrogens with one attached hydrogen (secondary N) is 1. The molecule has 2 rings (SSSR count). The second-order valence-corrected chi connectivity index (χ2v) is 5.55. The van der Waals surface area contributed by atoms with Crippen LogP contribution >= 0.6 is 11.3 Å². The Hall–Kier alpha value is -0.380. The van der Waals surface area contributed by atoms with Gasteiger partial charge in [-0.3, -0.25) is 0 Å². The van der Waals surface area contributed by atoms with Gasteiger partial charge >= 0.3 is 0 Å². The Morgan fingerprint density at radius 2 is 2.31 bits per heavy atom. The Morgan fingerprint density at radius 3 is 2.88 bits per heavy atom. The largest absolute Gasteiger partial charge is 0.378 e. The molecule has 1 N–H and O–H groups in total. The van der Waals surface area contributed by atoms with E-state index in [1.54, 1.807) is 0 Å². The monoisotopic (exact) mass is 239 g/mol. The van der Waals surface area contributed by atoms with E-state index in [-0.39, 0.29) is 0 Å². The van der Waals surface area contributed by atoms with Gasteiger partial charge in [0.2, 0.25) is 0 Å². The van der Waals surface area contributed by atoms with Crippen molar-refractivity contribution in [3.63, 3.8) is 0 Å². The third kappa shape index (κ3) is 2.65. The summed E-state index contributed by atoms with van der Waals surface area (Å²) in [7, 11) is 0. The van der Waals surface area contributed by atoms with Gasteiger partial charge in [-0.05, 0) is 50.6 Å². The minimum absolute atomic E-state index is 0.479. The predicted molar refractivity (Wildman–Crippen MR) is 69.0 cm³/mol. The van der Waals surface area contributed by atoms with Gasteiger partial charge in [0.05, 0.1) is 6.10 Å². The first-order valence-corrected chi connectivity index (χ1v) is 7.00. The third-order valence-corrected chi connectivity index (χ3v) is 4.48. The summed E-state index contributed by atoms with van der Waals surface area (Å²) < 4.78 is 5.57. The summed E-state index contributed by atoms with van der Waals surface area (Å²) in [5, 5.41) is 5.85. The lowest BCUT2D eigenvalue weighted by Gasteiger charge is -2.37. The molecule has 1 heterocycles. The highest BCUT2D eigenvalue weighted by Gasteiger charge is 2.30. The van der Waals surface area contributed by atoms with Crippen molar-refractivity contribution in [2.24, 2.45) is 0 Å². The maximum atomic E-state index is 5.57. The summed E-state index contributed by atoms with van der Waals surface area (Å²) in [5.74, 6) is 0. The highest BCUT2D eigenvalue weighted by atomic mass is 32.1. The highest BCUT2D eigenvalue weighted by Crippen LogP contribution is 2.29. The van der Waals surface area contributed by atoms with Crippen molar-refractivity contribution in [3.8, 4) is 0 Å². The zero-order valence-electron chi connectivity index (χ0n) is 10.3. The zero-order chi connectivity index (χ0) is 11.5. The summed E-state index contributed by atoms with van der Waals surface area (Å²) in [5.41, 5.74) is 1.41. The van der Waals surface area contributed by atoms with Crippen molar-refractivity contribution in [2.45, 2.75) is 51.8 Å². The van der Waals surface area contributed by atoms with Crippen LogP contribution in [0.3, 0.4) is 0 Å². The van der Waals surface area contributed by atoms with E-state index < -0.39 is 0 Å². The molecule has 0 spiro atoms. The molecule has 1 aliphatic carbocycles. The van der Waals surface area contributed by atoms with E-state index in [1.165, 1.54) is 23.3 Å². The average molecular weight is 239 g/mol. The molecule has 16 heavy (non-hydrogen) atoms. The quantitative estimate of drug-likeness (QED) is 0.851. The summed E-state index contributed by atoms with van der Waals surface area (Å²) in [4.78, 5) is 1.47. The van der Waals surface area contributed by atoms with Crippen LogP contribution in [0.15, 0.2) is 11.4 Å². The fourth-order valence-electron chi connectivity index (χ4n) is 2.33. The first-order chi connectivity index (χ1) is 7.70. The van der Waals surface area contributed by atoms with Gasteiger partial charge in [-0.25, -0.2) is 0 Å². The van der Waals surface area contributed by atoms with E-state index in [1.807, 2.05) is 11.3 Å². The van der Waals surface area contributed by atoms with Crippen LogP contribution in [-0.4, -0.2) is 18.8 Å². The van der Waals surface area contributed by atoms with Crippen molar-refractivity contribution in [2.75, 3.05) is 6.61 Å². The normalized spacial score (nSPS) is 26.4. The molecule has 1 aromatic heterocycles. The number of thiophene rings is 1. The van der Waals surface area contributed by atoms with Crippen LogP contribution in [0.25, 0.3) is 0 Å². The van der Waals surface area contributed by atoms with Crippen LogP contribution in [0, 0.1) is 6.92 Å². The molecule has 1 atom stereocenters. The number of hydrogen-bond donors (Lipinski definition) is 1. The number of hydrogen-bond acceptors (Lipinski definition) is 3. The van der Waals surface area contributed by atoms with Gasteiger partial charge in [0.15, 0.2) is 0 Å². The number of ether oxygens (including phenoxy) is 1. The van der Waals surface area contributed by atoms with Gasteiger partial charge in [0.1, 0.15) is 0 Å². The van der Waals surface area contributed by atoms with E-state index >= 15 is 0 Å². The molecule has 0 aromatic carbocycles. The Labute approximate surface area is 102 Å². The van der Waals surface area contributed by atoms with Gasteiger partial charge in [0, 0.05) is 23.6 Å². The summed E-state index contributed by atoms with van der Waals surface area (Å²) in [6.45, 7) is 7.36. The van der Waals surface area contributed by atoms with Gasteiger partial charge < -0.3 is 10.1 Å². The molecule has 3 heteroatoms. The average Bonchev–Trinajstić information content (AvgIpc) is 2.61. The summed E-state index contributed by atoms with van der Waals surface area (Å²) >= 11 is 1.85. The topological polar surface area (TPSA) is 21.3 Å². The van der Waals surface area contributed by atoms with Gasteiger partial charge in [-0.2, -0.15) is 0 Å². The smallest absolute Gasteiger partial charge is 0.0604 e. The van der Waals surface area contributed by atoms with Gasteiger partial charge in [-0.15, -0.1) is 11.3 Å². The van der Waals surface area contributed by atoms with E-state index in [0.29, 0.717) is 18.2 Å². The maximum absolute atomic E-state index is 5.57. The van der Waals surface area contributed by atoms with Crippen molar-refractivity contribution < 1.29 is 4.74 Å². The number of rotatable bonds is 5. The number of aryl methyl sites for hydroxylation is 1. The molecular weight excluding hydrogens is 218 g/mol. The lowest BCUT2D eigenvalue weighted by Crippen LogP contribution is -2.46. The molecule has 1 aliphatic rings. The standard InChI is InChI=1S/C13H21NOS/c1-4-15-12-7-11(8-12)14-10(3)13-9(2)5-6-16-13/h5-6,10-12,14H,4,7-8H2,1-3H3. The van der Waals surface area contributed by atoms with Gasteiger partial charge in [0.25, 0.3) is 0 Å². The first kappa shape index (κ1) is 12.1. The lowest BCUT2D eigenvalue weighted by atomic mass is 9.88. The van der Waals surface area contributed by atoms with Crippen molar-refractivity contribution in [3.05, 3.63) is 21.9 Å². The molecule has 0 bridgehead atoms. The van der Waals surface area contributed by atoms with Crippen LogP contribution < -0.4 is 5.32 Å². The van der Waals surface area contributed by atoms with Crippen LogP contribution in [-0.2, 0) is 4.74 Å². The summed E-state index contributed by atoms with van der Waals surface area (Å²) in [6, 6.07) is 3.32. The zero-order valence-corrected chi connectivity index (χ0v) is 11.1. The highest BCUT2D eigenvalue weighted by molar-refractivity contribution is 7.10. The lowest BCUT2D eigenvalue weighted by molar-refractivity contribution is -0.0119. The van der Waals surface area contributed by atoms with Gasteiger partial charge in [-0.1, -0.05) is 0 Å². The molecule has 1 fully saturated rings. The third-order valence-electron chi connectivity index (χ3n) is 3.28.